The van der Waals surface area contributed by atoms with Crippen molar-refractivity contribution < 1.29 is 4.79 Å². The van der Waals surface area contributed by atoms with Crippen LogP contribution in [0.4, 0.5) is 5.13 Å². The van der Waals surface area contributed by atoms with Crippen molar-refractivity contribution in [3.05, 3.63) is 10.6 Å². The van der Waals surface area contributed by atoms with Crippen LogP contribution in [0.2, 0.25) is 0 Å². The van der Waals surface area contributed by atoms with E-state index in [0.29, 0.717) is 6.04 Å². The van der Waals surface area contributed by atoms with Gasteiger partial charge in [-0.2, -0.15) is 0 Å². The van der Waals surface area contributed by atoms with Crippen molar-refractivity contribution in [3.63, 3.8) is 0 Å². The maximum atomic E-state index is 11.0. The van der Waals surface area contributed by atoms with Gasteiger partial charge in [-0.05, 0) is 25.7 Å². The van der Waals surface area contributed by atoms with Gasteiger partial charge in [0.05, 0.1) is 10.6 Å². The maximum Gasteiger partial charge on any atom is 0.186 e. The highest BCUT2D eigenvalue weighted by molar-refractivity contribution is 7.17. The van der Waals surface area contributed by atoms with Crippen LogP contribution in [0, 0.1) is 5.92 Å². The molecule has 94 valence electrons. The normalized spacial score (nSPS) is 24.3. The Morgan fingerprint density at radius 2 is 2.29 bits per heavy atom. The molecule has 3 nitrogen and oxygen atoms in total. The number of rotatable bonds is 4. The lowest BCUT2D eigenvalue weighted by atomic mass is 10.1. The smallest absolute Gasteiger partial charge is 0.186 e. The van der Waals surface area contributed by atoms with Gasteiger partial charge < -0.3 is 4.90 Å². The molecule has 4 heteroatoms. The van der Waals surface area contributed by atoms with E-state index in [1.165, 1.54) is 6.42 Å². The second-order valence-electron chi connectivity index (χ2n) is 5.02. The van der Waals surface area contributed by atoms with Crippen LogP contribution in [0.3, 0.4) is 0 Å². The molecule has 1 saturated heterocycles. The average molecular weight is 252 g/mol. The van der Waals surface area contributed by atoms with E-state index >= 15 is 0 Å². The maximum absolute atomic E-state index is 11.0. The third kappa shape index (κ3) is 2.51. The van der Waals surface area contributed by atoms with Crippen LogP contribution in [-0.2, 0) is 6.42 Å². The van der Waals surface area contributed by atoms with Crippen LogP contribution in [0.1, 0.15) is 49.0 Å². The molecule has 2 rings (SSSR count). The lowest BCUT2D eigenvalue weighted by Gasteiger charge is -2.19. The zero-order valence-electron chi connectivity index (χ0n) is 10.8. The molecule has 0 N–H and O–H groups in total. The van der Waals surface area contributed by atoms with Gasteiger partial charge in [-0.15, -0.1) is 0 Å². The molecule has 0 spiro atoms. The van der Waals surface area contributed by atoms with Gasteiger partial charge in [-0.1, -0.05) is 31.6 Å². The van der Waals surface area contributed by atoms with Crippen LogP contribution in [0.5, 0.6) is 0 Å². The van der Waals surface area contributed by atoms with Gasteiger partial charge >= 0.3 is 0 Å². The molecule has 1 aliphatic heterocycles. The van der Waals surface area contributed by atoms with Crippen LogP contribution < -0.4 is 4.90 Å². The number of carbonyl (C=O) groups is 1. The van der Waals surface area contributed by atoms with Gasteiger partial charge in [0.2, 0.25) is 0 Å². The Morgan fingerprint density at radius 1 is 1.53 bits per heavy atom. The lowest BCUT2D eigenvalue weighted by Crippen LogP contribution is -2.26. The monoisotopic (exact) mass is 252 g/mol. The number of anilines is 1. The van der Waals surface area contributed by atoms with Crippen molar-refractivity contribution in [2.75, 3.05) is 11.4 Å². The molecular formula is C13H20N2OS. The number of aryl methyl sites for hydroxylation is 1. The number of aromatic nitrogens is 1. The largest absolute Gasteiger partial charge is 0.345 e. The van der Waals surface area contributed by atoms with E-state index in [-0.39, 0.29) is 0 Å². The third-order valence-electron chi connectivity index (χ3n) is 3.34. The fourth-order valence-electron chi connectivity index (χ4n) is 2.55. The molecule has 2 heterocycles. The Morgan fingerprint density at radius 3 is 2.82 bits per heavy atom. The molecule has 17 heavy (non-hydrogen) atoms. The molecule has 0 amide bonds. The van der Waals surface area contributed by atoms with Crippen molar-refractivity contribution in [1.82, 2.24) is 4.98 Å². The molecule has 1 aromatic heterocycles. The third-order valence-corrected chi connectivity index (χ3v) is 4.40. The van der Waals surface area contributed by atoms with E-state index in [4.69, 9.17) is 0 Å². The summed E-state index contributed by atoms with van der Waals surface area (Å²) < 4.78 is 0. The molecule has 1 fully saturated rings. The molecule has 0 bridgehead atoms. The average Bonchev–Trinajstić information content (AvgIpc) is 2.82. The summed E-state index contributed by atoms with van der Waals surface area (Å²) in [6.07, 6.45) is 4.12. The SMILES string of the molecule is CCCc1nc(N2CC(C)CC2C)sc1C=O. The van der Waals surface area contributed by atoms with Crippen LogP contribution in [0.25, 0.3) is 0 Å². The van der Waals surface area contributed by atoms with Crippen LogP contribution in [-0.4, -0.2) is 23.9 Å². The minimum atomic E-state index is 0.546. The molecule has 0 radical (unpaired) electrons. The highest BCUT2D eigenvalue weighted by Crippen LogP contribution is 2.33. The summed E-state index contributed by atoms with van der Waals surface area (Å²) in [6.45, 7) is 7.70. The first kappa shape index (κ1) is 12.6. The Bertz CT molecular complexity index is 402. The summed E-state index contributed by atoms with van der Waals surface area (Å²) in [5, 5.41) is 1.03. The fraction of sp³-hybridized carbons (Fsp3) is 0.692. The lowest BCUT2D eigenvalue weighted by molar-refractivity contribution is 0.112. The molecule has 0 aliphatic carbocycles. The first-order chi connectivity index (χ1) is 8.15. The number of hydrogen-bond acceptors (Lipinski definition) is 4. The summed E-state index contributed by atoms with van der Waals surface area (Å²) in [7, 11) is 0. The van der Waals surface area contributed by atoms with E-state index < -0.39 is 0 Å². The number of carbonyl (C=O) groups excluding carboxylic acids is 1. The molecule has 2 unspecified atom stereocenters. The van der Waals surface area contributed by atoms with Crippen molar-refractivity contribution in [2.45, 2.75) is 46.1 Å². The van der Waals surface area contributed by atoms with Gasteiger partial charge in [0.25, 0.3) is 0 Å². The zero-order valence-corrected chi connectivity index (χ0v) is 11.6. The van der Waals surface area contributed by atoms with E-state index in [2.05, 4.69) is 30.7 Å². The molecule has 1 aromatic rings. The molecule has 0 saturated carbocycles. The fourth-order valence-corrected chi connectivity index (χ4v) is 3.59. The van der Waals surface area contributed by atoms with E-state index in [9.17, 15) is 4.79 Å². The minimum Gasteiger partial charge on any atom is -0.345 e. The number of nitrogens with zero attached hydrogens (tertiary/aromatic N) is 2. The van der Waals surface area contributed by atoms with Crippen LogP contribution >= 0.6 is 11.3 Å². The topological polar surface area (TPSA) is 33.2 Å². The van der Waals surface area contributed by atoms with E-state index in [1.54, 1.807) is 11.3 Å². The predicted molar refractivity (Wildman–Crippen MR) is 72.1 cm³/mol. The molecule has 1 aliphatic rings. The van der Waals surface area contributed by atoms with Gasteiger partial charge in [-0.3, -0.25) is 4.79 Å². The number of aldehydes is 1. The van der Waals surface area contributed by atoms with Crippen molar-refractivity contribution in [3.8, 4) is 0 Å². The Balaban J connectivity index is 2.24. The first-order valence-electron chi connectivity index (χ1n) is 6.37. The first-order valence-corrected chi connectivity index (χ1v) is 7.18. The highest BCUT2D eigenvalue weighted by atomic mass is 32.1. The Hall–Kier alpha value is -0.900. The standard InChI is InChI=1S/C13H20N2OS/c1-4-5-11-12(8-16)17-13(14-11)15-7-9(2)6-10(15)3/h8-10H,4-7H2,1-3H3. The quantitative estimate of drug-likeness (QED) is 0.772. The number of thiazole rings is 1. The summed E-state index contributed by atoms with van der Waals surface area (Å²) in [5.74, 6) is 0.725. The summed E-state index contributed by atoms with van der Waals surface area (Å²) in [4.78, 5) is 18.8. The van der Waals surface area contributed by atoms with E-state index in [0.717, 1.165) is 47.3 Å². The molecular weight excluding hydrogens is 232 g/mol. The summed E-state index contributed by atoms with van der Waals surface area (Å²) in [5.41, 5.74) is 0.981. The minimum absolute atomic E-state index is 0.546. The van der Waals surface area contributed by atoms with Gasteiger partial charge in [0, 0.05) is 12.6 Å². The van der Waals surface area contributed by atoms with Gasteiger partial charge in [0.1, 0.15) is 0 Å². The van der Waals surface area contributed by atoms with Crippen molar-refractivity contribution in [1.29, 1.82) is 0 Å². The predicted octanol–water partition coefficient (Wildman–Crippen LogP) is 3.14. The van der Waals surface area contributed by atoms with Gasteiger partial charge in [-0.25, -0.2) is 4.98 Å². The molecule has 2 atom stereocenters. The zero-order chi connectivity index (χ0) is 12.4. The van der Waals surface area contributed by atoms with E-state index in [1.807, 2.05) is 0 Å². The number of hydrogen-bond donors (Lipinski definition) is 0. The van der Waals surface area contributed by atoms with Crippen molar-refractivity contribution in [2.24, 2.45) is 5.92 Å². The van der Waals surface area contributed by atoms with Crippen molar-refractivity contribution >= 4 is 22.8 Å². The molecule has 0 aromatic carbocycles. The Labute approximate surface area is 107 Å². The van der Waals surface area contributed by atoms with Gasteiger partial charge in [0.15, 0.2) is 11.4 Å². The second-order valence-corrected chi connectivity index (χ2v) is 6.03. The summed E-state index contributed by atoms with van der Waals surface area (Å²) >= 11 is 1.55. The summed E-state index contributed by atoms with van der Waals surface area (Å²) in [6, 6.07) is 0.546. The second kappa shape index (κ2) is 5.17. The Kier molecular flexibility index (Phi) is 3.82. The van der Waals surface area contributed by atoms with Crippen LogP contribution in [0.15, 0.2) is 0 Å². The highest BCUT2D eigenvalue weighted by Gasteiger charge is 2.28.